The lowest BCUT2D eigenvalue weighted by molar-refractivity contribution is -0.143. The predicted octanol–water partition coefficient (Wildman–Crippen LogP) is 4.54. The summed E-state index contributed by atoms with van der Waals surface area (Å²) in [4.78, 5) is 15.3. The van der Waals surface area contributed by atoms with E-state index in [4.69, 9.17) is 10.5 Å². The Morgan fingerprint density at radius 3 is 1.94 bits per heavy atom. The van der Waals surface area contributed by atoms with Gasteiger partial charge >= 0.3 is 12.4 Å². The second-order valence-electron chi connectivity index (χ2n) is 9.22. The van der Waals surface area contributed by atoms with Gasteiger partial charge in [0.2, 0.25) is 5.91 Å². The number of hydrogen-bond acceptors (Lipinski definition) is 4. The van der Waals surface area contributed by atoms with Crippen molar-refractivity contribution in [1.29, 1.82) is 0 Å². The van der Waals surface area contributed by atoms with Crippen LogP contribution >= 0.6 is 0 Å². The molecule has 1 atom stereocenters. The number of anilines is 1. The van der Waals surface area contributed by atoms with Crippen LogP contribution in [-0.4, -0.2) is 56.7 Å². The Bertz CT molecular complexity index is 797. The molecule has 1 aliphatic carbocycles. The van der Waals surface area contributed by atoms with Crippen molar-refractivity contribution in [3.8, 4) is 0 Å². The van der Waals surface area contributed by atoms with Gasteiger partial charge in [-0.3, -0.25) is 9.69 Å². The summed E-state index contributed by atoms with van der Waals surface area (Å²) in [6.45, 7) is 2.68. The van der Waals surface area contributed by atoms with Crippen LogP contribution in [0.2, 0.25) is 0 Å². The zero-order valence-electron chi connectivity index (χ0n) is 19.1. The van der Waals surface area contributed by atoms with Gasteiger partial charge in [-0.2, -0.15) is 26.3 Å². The fourth-order valence-corrected chi connectivity index (χ4v) is 5.04. The molecule has 192 valence electrons. The highest BCUT2D eigenvalue weighted by atomic mass is 19.4. The molecule has 2 N–H and O–H groups in total. The van der Waals surface area contributed by atoms with E-state index in [-0.39, 0.29) is 17.7 Å². The van der Waals surface area contributed by atoms with Crippen LogP contribution in [0.15, 0.2) is 18.2 Å². The van der Waals surface area contributed by atoms with E-state index in [1.807, 2.05) is 0 Å². The Hall–Kier alpha value is -2.01. The van der Waals surface area contributed by atoms with E-state index in [1.54, 1.807) is 4.90 Å². The van der Waals surface area contributed by atoms with E-state index in [0.29, 0.717) is 32.1 Å². The third kappa shape index (κ3) is 6.78. The summed E-state index contributed by atoms with van der Waals surface area (Å²) in [6.07, 6.45) is -5.60. The van der Waals surface area contributed by atoms with E-state index in [1.165, 1.54) is 7.11 Å². The zero-order chi connectivity index (χ0) is 25.1. The van der Waals surface area contributed by atoms with Crippen molar-refractivity contribution in [2.45, 2.75) is 50.6 Å². The number of primary amides is 1. The lowest BCUT2D eigenvalue weighted by Gasteiger charge is -2.38. The Morgan fingerprint density at radius 2 is 1.50 bits per heavy atom. The van der Waals surface area contributed by atoms with Gasteiger partial charge in [-0.15, -0.1) is 0 Å². The molecule has 0 aromatic heterocycles. The summed E-state index contributed by atoms with van der Waals surface area (Å²) in [5, 5.41) is 0. The van der Waals surface area contributed by atoms with E-state index >= 15 is 0 Å². The quantitative estimate of drug-likeness (QED) is 0.565. The maximum absolute atomic E-state index is 13.1. The van der Waals surface area contributed by atoms with Crippen molar-refractivity contribution < 1.29 is 35.9 Å². The smallest absolute Gasteiger partial charge is 0.371 e. The van der Waals surface area contributed by atoms with Crippen molar-refractivity contribution in [3.05, 3.63) is 29.3 Å². The molecule has 3 rings (SSSR count). The maximum Gasteiger partial charge on any atom is 0.416 e. The number of nitrogens with zero attached hydrogens (tertiary/aromatic N) is 2. The molecule has 5 nitrogen and oxygen atoms in total. The largest absolute Gasteiger partial charge is 0.416 e. The van der Waals surface area contributed by atoms with Crippen LogP contribution in [0, 0.1) is 11.8 Å². The number of piperazine rings is 1. The molecule has 34 heavy (non-hydrogen) atoms. The van der Waals surface area contributed by atoms with Crippen molar-refractivity contribution in [1.82, 2.24) is 4.90 Å². The van der Waals surface area contributed by atoms with Crippen LogP contribution in [0.25, 0.3) is 0 Å². The molecule has 1 amide bonds. The minimum Gasteiger partial charge on any atom is -0.371 e. The molecule has 1 saturated carbocycles. The van der Waals surface area contributed by atoms with Gasteiger partial charge in [0.25, 0.3) is 0 Å². The Balaban J connectivity index is 1.51. The molecular weight excluding hydrogens is 464 g/mol. The number of alkyl halides is 6. The number of hydrogen-bond donors (Lipinski definition) is 1. The summed E-state index contributed by atoms with van der Waals surface area (Å²) in [5.74, 6) is 0.209. The molecule has 2 aliphatic rings. The lowest BCUT2D eigenvalue weighted by Crippen LogP contribution is -2.47. The van der Waals surface area contributed by atoms with Crippen molar-refractivity contribution >= 4 is 11.6 Å². The number of carbonyl (C=O) groups excluding carboxylic acids is 1. The number of carbonyl (C=O) groups is 1. The SMILES string of the molecule is COC(C(N)=O)C1CCC(CCN2CCN(c3cc(C(F)(F)F)cc(C(F)(F)F)c3)CC2)CC1. The van der Waals surface area contributed by atoms with Gasteiger partial charge in [0.15, 0.2) is 0 Å². The van der Waals surface area contributed by atoms with E-state index in [0.717, 1.165) is 50.8 Å². The van der Waals surface area contributed by atoms with Crippen molar-refractivity contribution in [2.75, 3.05) is 44.7 Å². The fraction of sp³-hybridized carbons (Fsp3) is 0.696. The average molecular weight is 496 g/mol. The molecular formula is C23H31F6N3O2. The second-order valence-corrected chi connectivity index (χ2v) is 9.22. The number of nitrogens with two attached hydrogens (primary N) is 1. The highest BCUT2D eigenvalue weighted by Gasteiger charge is 2.38. The molecule has 0 spiro atoms. The summed E-state index contributed by atoms with van der Waals surface area (Å²) in [6, 6.07) is 1.75. The predicted molar refractivity (Wildman–Crippen MR) is 115 cm³/mol. The molecule has 0 bridgehead atoms. The number of halogens is 6. The summed E-state index contributed by atoms with van der Waals surface area (Å²) >= 11 is 0. The normalized spacial score (nSPS) is 23.7. The molecule has 1 heterocycles. The van der Waals surface area contributed by atoms with Crippen molar-refractivity contribution in [2.24, 2.45) is 17.6 Å². The first-order valence-corrected chi connectivity index (χ1v) is 11.5. The van der Waals surface area contributed by atoms with E-state index in [2.05, 4.69) is 4.90 Å². The number of rotatable bonds is 7. The Morgan fingerprint density at radius 1 is 0.971 bits per heavy atom. The number of amides is 1. The van der Waals surface area contributed by atoms with Crippen LogP contribution in [0.5, 0.6) is 0 Å². The number of ether oxygens (including phenoxy) is 1. The number of benzene rings is 1. The van der Waals surface area contributed by atoms with Crippen LogP contribution < -0.4 is 10.6 Å². The lowest BCUT2D eigenvalue weighted by atomic mass is 9.78. The highest BCUT2D eigenvalue weighted by Crippen LogP contribution is 2.39. The van der Waals surface area contributed by atoms with Gasteiger partial charge in [0.05, 0.1) is 11.1 Å². The van der Waals surface area contributed by atoms with Crippen LogP contribution in [0.1, 0.15) is 43.2 Å². The first-order chi connectivity index (χ1) is 15.9. The van der Waals surface area contributed by atoms with Gasteiger partial charge < -0.3 is 15.4 Å². The Kier molecular flexibility index (Phi) is 8.38. The zero-order valence-corrected chi connectivity index (χ0v) is 19.1. The molecule has 11 heteroatoms. The molecule has 1 aromatic rings. The fourth-order valence-electron chi connectivity index (χ4n) is 5.04. The van der Waals surface area contributed by atoms with Gasteiger partial charge in [-0.25, -0.2) is 0 Å². The Labute approximate surface area is 195 Å². The van der Waals surface area contributed by atoms with Crippen LogP contribution in [-0.2, 0) is 21.9 Å². The third-order valence-electron chi connectivity index (χ3n) is 7.02. The average Bonchev–Trinajstić information content (AvgIpc) is 2.77. The highest BCUT2D eigenvalue weighted by molar-refractivity contribution is 5.79. The van der Waals surface area contributed by atoms with Gasteiger partial charge in [0, 0.05) is 39.0 Å². The molecule has 1 aliphatic heterocycles. The maximum atomic E-state index is 13.1. The van der Waals surface area contributed by atoms with Crippen molar-refractivity contribution in [3.63, 3.8) is 0 Å². The molecule has 1 saturated heterocycles. The van der Waals surface area contributed by atoms with E-state index in [9.17, 15) is 31.1 Å². The number of methoxy groups -OCH3 is 1. The van der Waals surface area contributed by atoms with E-state index < -0.39 is 35.5 Å². The van der Waals surface area contributed by atoms with Gasteiger partial charge in [-0.05, 0) is 55.8 Å². The summed E-state index contributed by atoms with van der Waals surface area (Å²) < 4.78 is 84.1. The van der Waals surface area contributed by atoms with Gasteiger partial charge in [0.1, 0.15) is 6.10 Å². The summed E-state index contributed by atoms with van der Waals surface area (Å²) in [7, 11) is 1.49. The topological polar surface area (TPSA) is 58.8 Å². The van der Waals surface area contributed by atoms with Gasteiger partial charge in [-0.1, -0.05) is 12.8 Å². The third-order valence-corrected chi connectivity index (χ3v) is 7.02. The standard InChI is InChI=1S/C23H31F6N3O2/c1-34-20(21(30)33)16-4-2-15(3-5-16)6-7-31-8-10-32(11-9-31)19-13-17(22(24,25)26)12-18(14-19)23(27,28)29/h12-16,20H,2-11H2,1H3,(H2,30,33). The minimum atomic E-state index is -4.85. The monoisotopic (exact) mass is 495 g/mol. The first-order valence-electron chi connectivity index (χ1n) is 11.5. The molecule has 0 radical (unpaired) electrons. The summed E-state index contributed by atoms with van der Waals surface area (Å²) in [5.41, 5.74) is 2.76. The minimum absolute atomic E-state index is 0.0535. The van der Waals surface area contributed by atoms with Crippen LogP contribution in [0.3, 0.4) is 0 Å². The molecule has 2 fully saturated rings. The second kappa shape index (κ2) is 10.7. The molecule has 1 unspecified atom stereocenters. The van der Waals surface area contributed by atoms with Crippen LogP contribution in [0.4, 0.5) is 32.0 Å². The molecule has 1 aromatic carbocycles. The first kappa shape index (κ1) is 26.6.